The topological polar surface area (TPSA) is 54.3 Å². The van der Waals surface area contributed by atoms with Crippen molar-refractivity contribution in [1.82, 2.24) is 5.32 Å². The van der Waals surface area contributed by atoms with Crippen molar-refractivity contribution in [2.24, 2.45) is 0 Å². The molecule has 1 fully saturated rings. The maximum absolute atomic E-state index is 9.08. The van der Waals surface area contributed by atoms with Gasteiger partial charge in [-0.2, -0.15) is 5.26 Å². The van der Waals surface area contributed by atoms with E-state index in [2.05, 4.69) is 18.3 Å². The zero-order chi connectivity index (χ0) is 11.9. The molecule has 4 heteroatoms. The van der Waals surface area contributed by atoms with E-state index in [4.69, 9.17) is 14.7 Å². The fourth-order valence-electron chi connectivity index (χ4n) is 2.05. The second kappa shape index (κ2) is 6.85. The van der Waals surface area contributed by atoms with E-state index in [1.54, 1.807) is 0 Å². The Morgan fingerprint density at radius 3 is 2.81 bits per heavy atom. The lowest BCUT2D eigenvalue weighted by molar-refractivity contribution is 0.00622. The lowest BCUT2D eigenvalue weighted by Gasteiger charge is -2.19. The van der Waals surface area contributed by atoms with Crippen LogP contribution in [-0.4, -0.2) is 38.5 Å². The molecule has 1 saturated carbocycles. The number of nitrogens with zero attached hydrogens (tertiary/aromatic N) is 1. The molecule has 92 valence electrons. The molecule has 1 rings (SSSR count). The van der Waals surface area contributed by atoms with Crippen LogP contribution >= 0.6 is 0 Å². The van der Waals surface area contributed by atoms with Crippen LogP contribution in [0.15, 0.2) is 0 Å². The lowest BCUT2D eigenvalue weighted by Crippen LogP contribution is -2.39. The van der Waals surface area contributed by atoms with E-state index in [0.717, 1.165) is 32.3 Å². The van der Waals surface area contributed by atoms with Gasteiger partial charge in [0.05, 0.1) is 25.4 Å². The molecule has 1 aliphatic carbocycles. The normalized spacial score (nSPS) is 29.2. The van der Waals surface area contributed by atoms with Crippen molar-refractivity contribution >= 4 is 0 Å². The van der Waals surface area contributed by atoms with Gasteiger partial charge in [0.2, 0.25) is 0 Å². The Labute approximate surface area is 97.9 Å². The Hall–Kier alpha value is -0.630. The summed E-state index contributed by atoms with van der Waals surface area (Å²) in [4.78, 5) is 0. The SMILES string of the molecule is CCCOCCOC1CCC(C#N)(NC)C1. The van der Waals surface area contributed by atoms with Crippen LogP contribution in [-0.2, 0) is 9.47 Å². The summed E-state index contributed by atoms with van der Waals surface area (Å²) in [6, 6.07) is 2.35. The lowest BCUT2D eigenvalue weighted by atomic mass is 10.0. The van der Waals surface area contributed by atoms with Crippen molar-refractivity contribution in [1.29, 1.82) is 5.26 Å². The van der Waals surface area contributed by atoms with E-state index in [1.807, 2.05) is 7.05 Å². The number of nitrogens with one attached hydrogen (secondary N) is 1. The Morgan fingerprint density at radius 2 is 2.25 bits per heavy atom. The predicted molar refractivity (Wildman–Crippen MR) is 62.1 cm³/mol. The number of hydrogen-bond donors (Lipinski definition) is 1. The van der Waals surface area contributed by atoms with Gasteiger partial charge in [-0.05, 0) is 26.3 Å². The van der Waals surface area contributed by atoms with E-state index in [-0.39, 0.29) is 11.6 Å². The van der Waals surface area contributed by atoms with Crippen LogP contribution in [0.25, 0.3) is 0 Å². The van der Waals surface area contributed by atoms with E-state index >= 15 is 0 Å². The molecular formula is C12H22N2O2. The maximum atomic E-state index is 9.08. The van der Waals surface area contributed by atoms with Crippen LogP contribution in [0.1, 0.15) is 32.6 Å². The first-order valence-electron chi connectivity index (χ1n) is 6.06. The Balaban J connectivity index is 2.15. The first kappa shape index (κ1) is 13.4. The van der Waals surface area contributed by atoms with Gasteiger partial charge >= 0.3 is 0 Å². The molecule has 4 nitrogen and oxygen atoms in total. The minimum atomic E-state index is -0.366. The van der Waals surface area contributed by atoms with Gasteiger partial charge in [-0.3, -0.25) is 0 Å². The van der Waals surface area contributed by atoms with Crippen molar-refractivity contribution in [3.63, 3.8) is 0 Å². The number of hydrogen-bond acceptors (Lipinski definition) is 4. The van der Waals surface area contributed by atoms with Crippen molar-refractivity contribution in [3.8, 4) is 6.07 Å². The van der Waals surface area contributed by atoms with Crippen molar-refractivity contribution in [2.75, 3.05) is 26.9 Å². The van der Waals surface area contributed by atoms with Gasteiger partial charge in [0.1, 0.15) is 5.54 Å². The molecule has 0 aromatic heterocycles. The van der Waals surface area contributed by atoms with Gasteiger partial charge in [-0.25, -0.2) is 0 Å². The summed E-state index contributed by atoms with van der Waals surface area (Å²) in [6.07, 6.45) is 3.87. The summed E-state index contributed by atoms with van der Waals surface area (Å²) in [5, 5.41) is 12.2. The standard InChI is InChI=1S/C12H22N2O2/c1-3-6-15-7-8-16-11-4-5-12(9-11,10-13)14-2/h11,14H,3-9H2,1-2H3. The molecular weight excluding hydrogens is 204 g/mol. The second-order valence-electron chi connectivity index (χ2n) is 4.29. The third kappa shape index (κ3) is 3.75. The van der Waals surface area contributed by atoms with E-state index in [0.29, 0.717) is 13.2 Å². The average molecular weight is 226 g/mol. The third-order valence-electron chi connectivity index (χ3n) is 3.09. The minimum Gasteiger partial charge on any atom is -0.379 e. The zero-order valence-corrected chi connectivity index (χ0v) is 10.3. The highest BCUT2D eigenvalue weighted by atomic mass is 16.5. The fraction of sp³-hybridized carbons (Fsp3) is 0.917. The van der Waals surface area contributed by atoms with E-state index in [9.17, 15) is 0 Å². The number of rotatable bonds is 7. The van der Waals surface area contributed by atoms with Crippen LogP contribution in [0.5, 0.6) is 0 Å². The molecule has 0 aliphatic heterocycles. The van der Waals surface area contributed by atoms with Crippen LogP contribution < -0.4 is 5.32 Å². The predicted octanol–water partition coefficient (Wildman–Crippen LogP) is 1.46. The minimum absolute atomic E-state index is 0.206. The highest BCUT2D eigenvalue weighted by Gasteiger charge is 2.38. The van der Waals surface area contributed by atoms with Gasteiger partial charge in [-0.15, -0.1) is 0 Å². The van der Waals surface area contributed by atoms with Crippen molar-refractivity contribution in [2.45, 2.75) is 44.2 Å². The van der Waals surface area contributed by atoms with E-state index < -0.39 is 0 Å². The summed E-state index contributed by atoms with van der Waals surface area (Å²) in [7, 11) is 1.84. The van der Waals surface area contributed by atoms with Crippen LogP contribution in [0.2, 0.25) is 0 Å². The largest absolute Gasteiger partial charge is 0.379 e. The molecule has 0 heterocycles. The van der Waals surface area contributed by atoms with Gasteiger partial charge in [0, 0.05) is 13.0 Å². The Bertz CT molecular complexity index is 240. The summed E-state index contributed by atoms with van der Waals surface area (Å²) in [5.74, 6) is 0. The molecule has 0 radical (unpaired) electrons. The maximum Gasteiger partial charge on any atom is 0.109 e. The first-order chi connectivity index (χ1) is 7.76. The Morgan fingerprint density at radius 1 is 1.44 bits per heavy atom. The summed E-state index contributed by atoms with van der Waals surface area (Å²) >= 11 is 0. The fourth-order valence-corrected chi connectivity index (χ4v) is 2.05. The van der Waals surface area contributed by atoms with Gasteiger partial charge in [-0.1, -0.05) is 6.92 Å². The molecule has 1 aliphatic rings. The van der Waals surface area contributed by atoms with Crippen LogP contribution in [0.3, 0.4) is 0 Å². The molecule has 0 bridgehead atoms. The molecule has 2 atom stereocenters. The highest BCUT2D eigenvalue weighted by molar-refractivity contribution is 5.11. The Kier molecular flexibility index (Phi) is 5.75. The third-order valence-corrected chi connectivity index (χ3v) is 3.09. The average Bonchev–Trinajstić information content (AvgIpc) is 2.73. The zero-order valence-electron chi connectivity index (χ0n) is 10.3. The quantitative estimate of drug-likeness (QED) is 0.668. The molecule has 1 N–H and O–H groups in total. The van der Waals surface area contributed by atoms with E-state index in [1.165, 1.54) is 0 Å². The number of ether oxygens (including phenoxy) is 2. The molecule has 0 spiro atoms. The van der Waals surface area contributed by atoms with Crippen molar-refractivity contribution < 1.29 is 9.47 Å². The van der Waals surface area contributed by atoms with Gasteiger partial charge < -0.3 is 14.8 Å². The summed E-state index contributed by atoms with van der Waals surface area (Å²) < 4.78 is 11.0. The molecule has 16 heavy (non-hydrogen) atoms. The van der Waals surface area contributed by atoms with Gasteiger partial charge in [0.25, 0.3) is 0 Å². The van der Waals surface area contributed by atoms with Crippen molar-refractivity contribution in [3.05, 3.63) is 0 Å². The smallest absolute Gasteiger partial charge is 0.109 e. The van der Waals surface area contributed by atoms with Crippen LogP contribution in [0, 0.1) is 11.3 Å². The second-order valence-corrected chi connectivity index (χ2v) is 4.29. The highest BCUT2D eigenvalue weighted by Crippen LogP contribution is 2.30. The molecule has 2 unspecified atom stereocenters. The summed E-state index contributed by atoms with van der Waals surface area (Å²) in [5.41, 5.74) is -0.366. The summed E-state index contributed by atoms with van der Waals surface area (Å²) in [6.45, 7) is 4.18. The molecule has 0 aromatic rings. The molecule has 0 aromatic carbocycles. The van der Waals surface area contributed by atoms with Crippen LogP contribution in [0.4, 0.5) is 0 Å². The molecule has 0 amide bonds. The first-order valence-corrected chi connectivity index (χ1v) is 6.06. The molecule has 0 saturated heterocycles. The van der Waals surface area contributed by atoms with Gasteiger partial charge in [0.15, 0.2) is 0 Å². The monoisotopic (exact) mass is 226 g/mol. The number of nitriles is 1.